The van der Waals surface area contributed by atoms with Gasteiger partial charge >= 0.3 is 0 Å². The molecule has 2 aromatic rings. The molecule has 0 saturated heterocycles. The highest BCUT2D eigenvalue weighted by Gasteiger charge is 2.38. The Morgan fingerprint density at radius 2 is 1.74 bits per heavy atom. The summed E-state index contributed by atoms with van der Waals surface area (Å²) in [7, 11) is -1.22. The van der Waals surface area contributed by atoms with Crippen LogP contribution in [0.3, 0.4) is 0 Å². The van der Waals surface area contributed by atoms with Crippen molar-refractivity contribution >= 4 is 16.7 Å². The van der Waals surface area contributed by atoms with E-state index >= 15 is 0 Å². The van der Waals surface area contributed by atoms with Crippen molar-refractivity contribution < 1.29 is 8.95 Å². The molecule has 1 unspecified atom stereocenters. The molecule has 0 bridgehead atoms. The van der Waals surface area contributed by atoms with Crippen LogP contribution < -0.4 is 0 Å². The first-order valence-electron chi connectivity index (χ1n) is 7.73. The van der Waals surface area contributed by atoms with Gasteiger partial charge in [-0.25, -0.2) is 4.99 Å². The summed E-state index contributed by atoms with van der Waals surface area (Å²) in [5.74, 6) is 0.574. The average molecular weight is 327 g/mol. The predicted molar refractivity (Wildman–Crippen MR) is 94.2 cm³/mol. The summed E-state index contributed by atoms with van der Waals surface area (Å²) in [6.45, 7) is 6.38. The second-order valence-electron chi connectivity index (χ2n) is 6.26. The lowest BCUT2D eigenvalue weighted by Crippen LogP contribution is -2.37. The highest BCUT2D eigenvalue weighted by molar-refractivity contribution is 7.87. The van der Waals surface area contributed by atoms with E-state index < -0.39 is 15.5 Å². The predicted octanol–water partition coefficient (Wildman–Crippen LogP) is 4.05. The Labute approximate surface area is 139 Å². The van der Waals surface area contributed by atoms with Crippen molar-refractivity contribution in [2.24, 2.45) is 4.99 Å². The number of benzene rings is 2. The van der Waals surface area contributed by atoms with Crippen molar-refractivity contribution in [2.75, 3.05) is 6.61 Å². The van der Waals surface area contributed by atoms with Gasteiger partial charge in [-0.15, -0.1) is 0 Å². The maximum absolute atomic E-state index is 13.0. The van der Waals surface area contributed by atoms with Crippen molar-refractivity contribution in [1.29, 1.82) is 0 Å². The minimum absolute atomic E-state index is 0.0134. The Hall–Kier alpha value is -1.94. The lowest BCUT2D eigenvalue weighted by molar-refractivity contribution is 0.306. The Balaban J connectivity index is 1.85. The van der Waals surface area contributed by atoms with E-state index in [0.717, 1.165) is 16.0 Å². The van der Waals surface area contributed by atoms with Gasteiger partial charge in [0.15, 0.2) is 0 Å². The molecule has 3 rings (SSSR count). The molecular formula is C19H21NO2S. The summed E-state index contributed by atoms with van der Waals surface area (Å²) in [4.78, 5) is 5.50. The van der Waals surface area contributed by atoms with Gasteiger partial charge in [0.05, 0.1) is 10.8 Å². The number of hydrogen-bond acceptors (Lipinski definition) is 3. The van der Waals surface area contributed by atoms with Crippen LogP contribution in [0.4, 0.5) is 0 Å². The molecule has 1 heterocycles. The molecule has 0 aromatic heterocycles. The van der Waals surface area contributed by atoms with Gasteiger partial charge in [0.1, 0.15) is 17.4 Å². The molecule has 0 amide bonds. The van der Waals surface area contributed by atoms with Crippen molar-refractivity contribution in [3.05, 3.63) is 65.7 Å². The smallest absolute Gasteiger partial charge is 0.203 e. The fourth-order valence-electron chi connectivity index (χ4n) is 2.58. The molecule has 23 heavy (non-hydrogen) atoms. The zero-order valence-electron chi connectivity index (χ0n) is 13.7. The van der Waals surface area contributed by atoms with Crippen LogP contribution in [0.1, 0.15) is 31.0 Å². The molecule has 0 radical (unpaired) electrons. The van der Waals surface area contributed by atoms with E-state index in [-0.39, 0.29) is 6.04 Å². The number of hydrogen-bond donors (Lipinski definition) is 0. The third-order valence-corrected chi connectivity index (χ3v) is 5.85. The second-order valence-corrected chi connectivity index (χ2v) is 8.29. The van der Waals surface area contributed by atoms with Crippen LogP contribution in [0.15, 0.2) is 64.5 Å². The third-order valence-electron chi connectivity index (χ3n) is 4.05. The van der Waals surface area contributed by atoms with Crippen LogP contribution in [0.25, 0.3) is 0 Å². The quantitative estimate of drug-likeness (QED) is 0.850. The summed E-state index contributed by atoms with van der Waals surface area (Å²) in [5.41, 5.74) is 2.28. The lowest BCUT2D eigenvalue weighted by Gasteiger charge is -2.23. The molecule has 0 aliphatic carbocycles. The topological polar surface area (TPSA) is 38.7 Å². The van der Waals surface area contributed by atoms with Crippen LogP contribution in [-0.2, 0) is 15.5 Å². The van der Waals surface area contributed by atoms with Crippen molar-refractivity contribution in [1.82, 2.24) is 0 Å². The van der Waals surface area contributed by atoms with Gasteiger partial charge in [0.25, 0.3) is 0 Å². The normalized spacial score (nSPS) is 19.1. The maximum atomic E-state index is 13.0. The maximum Gasteiger partial charge on any atom is 0.203 e. The van der Waals surface area contributed by atoms with E-state index in [4.69, 9.17) is 9.73 Å². The van der Waals surface area contributed by atoms with Crippen LogP contribution in [0, 0.1) is 6.92 Å². The van der Waals surface area contributed by atoms with Gasteiger partial charge in [-0.2, -0.15) is 0 Å². The molecule has 3 nitrogen and oxygen atoms in total. The Morgan fingerprint density at radius 1 is 1.09 bits per heavy atom. The van der Waals surface area contributed by atoms with Gasteiger partial charge in [-0.1, -0.05) is 48.0 Å². The number of nitrogens with zero attached hydrogens (tertiary/aromatic N) is 1. The zero-order valence-corrected chi connectivity index (χ0v) is 14.5. The van der Waals surface area contributed by atoms with Crippen LogP contribution in [-0.4, -0.2) is 21.5 Å². The minimum atomic E-state index is -1.22. The summed E-state index contributed by atoms with van der Waals surface area (Å²) in [5, 5.41) is 0. The van der Waals surface area contributed by atoms with Crippen molar-refractivity contribution in [2.45, 2.75) is 36.5 Å². The molecule has 1 aliphatic rings. The Bertz CT molecular complexity index is 736. The molecule has 0 spiro atoms. The first kappa shape index (κ1) is 15.9. The number of aliphatic imine (C=N–C) groups is 1. The molecule has 120 valence electrons. The lowest BCUT2D eigenvalue weighted by atomic mass is 10.1. The highest BCUT2D eigenvalue weighted by atomic mass is 32.2. The Kier molecular flexibility index (Phi) is 4.35. The van der Waals surface area contributed by atoms with Crippen LogP contribution in [0.5, 0.6) is 0 Å². The number of aryl methyl sites for hydroxylation is 1. The molecule has 0 saturated carbocycles. The van der Waals surface area contributed by atoms with E-state index in [2.05, 4.69) is 0 Å². The van der Waals surface area contributed by atoms with Crippen LogP contribution >= 0.6 is 0 Å². The summed E-state index contributed by atoms with van der Waals surface area (Å²) in [6.07, 6.45) is 0. The Morgan fingerprint density at radius 3 is 2.39 bits per heavy atom. The summed E-state index contributed by atoms with van der Waals surface area (Å²) < 4.78 is 18.1. The monoisotopic (exact) mass is 327 g/mol. The van der Waals surface area contributed by atoms with E-state index in [1.54, 1.807) is 0 Å². The molecular weight excluding hydrogens is 306 g/mol. The summed E-state index contributed by atoms with van der Waals surface area (Å²) in [6, 6.07) is 17.8. The largest absolute Gasteiger partial charge is 0.477 e. The second kappa shape index (κ2) is 6.28. The van der Waals surface area contributed by atoms with E-state index in [1.165, 1.54) is 0 Å². The molecule has 1 aliphatic heterocycles. The SMILES string of the molecule is Cc1ccc(S(=O)C(C)(C)C2=N[C@@H](c3ccccc3)CO2)cc1. The van der Waals surface area contributed by atoms with Gasteiger partial charge in [-0.05, 0) is 38.5 Å². The van der Waals surface area contributed by atoms with Gasteiger partial charge in [-0.3, -0.25) is 4.21 Å². The van der Waals surface area contributed by atoms with E-state index in [0.29, 0.717) is 12.5 Å². The molecule has 0 fully saturated rings. The standard InChI is InChI=1S/C19H21NO2S/c1-14-9-11-16(12-10-14)23(21)19(2,3)18-20-17(13-22-18)15-7-5-4-6-8-15/h4-12,17H,13H2,1-3H3/t17-,23?/m1/s1. The van der Waals surface area contributed by atoms with E-state index in [1.807, 2.05) is 75.4 Å². The fourth-order valence-corrected chi connectivity index (χ4v) is 3.83. The summed E-state index contributed by atoms with van der Waals surface area (Å²) >= 11 is 0. The number of ether oxygens (including phenoxy) is 1. The molecule has 0 N–H and O–H groups in total. The first-order chi connectivity index (χ1) is 11.0. The van der Waals surface area contributed by atoms with Gasteiger partial charge < -0.3 is 4.74 Å². The average Bonchev–Trinajstić information content (AvgIpc) is 3.06. The van der Waals surface area contributed by atoms with Crippen molar-refractivity contribution in [3.8, 4) is 0 Å². The highest BCUT2D eigenvalue weighted by Crippen LogP contribution is 2.31. The van der Waals surface area contributed by atoms with E-state index in [9.17, 15) is 4.21 Å². The molecule has 4 heteroatoms. The van der Waals surface area contributed by atoms with Gasteiger partial charge in [0.2, 0.25) is 5.90 Å². The zero-order chi connectivity index (χ0) is 16.4. The van der Waals surface area contributed by atoms with Crippen molar-refractivity contribution in [3.63, 3.8) is 0 Å². The number of rotatable bonds is 4. The third kappa shape index (κ3) is 3.22. The minimum Gasteiger partial charge on any atom is -0.477 e. The van der Waals surface area contributed by atoms with Gasteiger partial charge in [0, 0.05) is 4.90 Å². The first-order valence-corrected chi connectivity index (χ1v) is 8.88. The molecule has 2 atom stereocenters. The fraction of sp³-hybridized carbons (Fsp3) is 0.316. The molecule has 2 aromatic carbocycles. The van der Waals surface area contributed by atoms with Crippen LogP contribution in [0.2, 0.25) is 0 Å².